The lowest BCUT2D eigenvalue weighted by molar-refractivity contribution is 0.326. The van der Waals surface area contributed by atoms with Gasteiger partial charge in [0.15, 0.2) is 0 Å². The molecular formula is C14H16ClN3. The maximum Gasteiger partial charge on any atom is 0.0490 e. The Labute approximate surface area is 112 Å². The van der Waals surface area contributed by atoms with E-state index in [-0.39, 0.29) is 0 Å². The van der Waals surface area contributed by atoms with Crippen molar-refractivity contribution in [2.75, 3.05) is 13.1 Å². The van der Waals surface area contributed by atoms with Gasteiger partial charge in [0.05, 0.1) is 0 Å². The zero-order chi connectivity index (χ0) is 12.4. The number of nitrogens with one attached hydrogen (secondary N) is 1. The van der Waals surface area contributed by atoms with Crippen LogP contribution in [0.15, 0.2) is 36.5 Å². The SMILES string of the molecule is Clc1ccc(CN2CC[C@H](c3ccn[nH]3)C2)cc1. The number of hydrogen-bond acceptors (Lipinski definition) is 2. The van der Waals surface area contributed by atoms with Crippen LogP contribution in [0.25, 0.3) is 0 Å². The number of nitrogens with zero attached hydrogens (tertiary/aromatic N) is 2. The number of halogens is 1. The molecule has 3 rings (SSSR count). The van der Waals surface area contributed by atoms with E-state index in [1.165, 1.54) is 17.7 Å². The molecule has 0 bridgehead atoms. The fourth-order valence-corrected chi connectivity index (χ4v) is 2.70. The molecule has 0 aliphatic carbocycles. The predicted molar refractivity (Wildman–Crippen MR) is 72.7 cm³/mol. The molecule has 94 valence electrons. The van der Waals surface area contributed by atoms with Crippen molar-refractivity contribution in [2.24, 2.45) is 0 Å². The third kappa shape index (κ3) is 2.57. The van der Waals surface area contributed by atoms with E-state index in [2.05, 4.69) is 33.3 Å². The first-order chi connectivity index (χ1) is 8.81. The molecule has 1 N–H and O–H groups in total. The third-order valence-electron chi connectivity index (χ3n) is 3.55. The highest BCUT2D eigenvalue weighted by Crippen LogP contribution is 2.26. The molecule has 1 saturated heterocycles. The molecule has 0 saturated carbocycles. The third-order valence-corrected chi connectivity index (χ3v) is 3.81. The van der Waals surface area contributed by atoms with Crippen molar-refractivity contribution in [3.8, 4) is 0 Å². The number of likely N-dealkylation sites (tertiary alicyclic amines) is 1. The number of hydrogen-bond donors (Lipinski definition) is 1. The molecule has 18 heavy (non-hydrogen) atoms. The molecule has 1 aliphatic heterocycles. The van der Waals surface area contributed by atoms with Crippen LogP contribution in [-0.2, 0) is 6.54 Å². The van der Waals surface area contributed by atoms with E-state index in [1.807, 2.05) is 18.3 Å². The molecule has 0 radical (unpaired) electrons. The van der Waals surface area contributed by atoms with E-state index >= 15 is 0 Å². The Hall–Kier alpha value is -1.32. The summed E-state index contributed by atoms with van der Waals surface area (Å²) in [5.41, 5.74) is 2.58. The molecule has 1 fully saturated rings. The Kier molecular flexibility index (Phi) is 3.35. The van der Waals surface area contributed by atoms with Gasteiger partial charge in [-0.2, -0.15) is 5.10 Å². The van der Waals surface area contributed by atoms with Gasteiger partial charge in [-0.3, -0.25) is 10.00 Å². The summed E-state index contributed by atoms with van der Waals surface area (Å²) in [4.78, 5) is 2.48. The highest BCUT2D eigenvalue weighted by Gasteiger charge is 2.24. The van der Waals surface area contributed by atoms with E-state index in [0.717, 1.165) is 24.7 Å². The minimum atomic E-state index is 0.597. The van der Waals surface area contributed by atoms with Crippen LogP contribution in [0.5, 0.6) is 0 Å². The molecule has 1 aromatic heterocycles. The van der Waals surface area contributed by atoms with Crippen molar-refractivity contribution in [3.05, 3.63) is 52.8 Å². The molecule has 4 heteroatoms. The van der Waals surface area contributed by atoms with Crippen molar-refractivity contribution in [1.82, 2.24) is 15.1 Å². The van der Waals surface area contributed by atoms with E-state index in [1.54, 1.807) is 0 Å². The number of benzene rings is 1. The maximum absolute atomic E-state index is 5.89. The quantitative estimate of drug-likeness (QED) is 0.921. The lowest BCUT2D eigenvalue weighted by Gasteiger charge is -2.15. The number of aromatic amines is 1. The second-order valence-corrected chi connectivity index (χ2v) is 5.30. The summed E-state index contributed by atoms with van der Waals surface area (Å²) in [6.07, 6.45) is 3.03. The monoisotopic (exact) mass is 261 g/mol. The standard InChI is InChI=1S/C14H16ClN3/c15-13-3-1-11(2-4-13)9-18-8-6-12(10-18)14-5-7-16-17-14/h1-5,7,12H,6,8-10H2,(H,16,17)/t12-/m0/s1. The average molecular weight is 262 g/mol. The molecule has 2 aromatic rings. The first-order valence-corrected chi connectivity index (χ1v) is 6.65. The van der Waals surface area contributed by atoms with Gasteiger partial charge < -0.3 is 0 Å². The highest BCUT2D eigenvalue weighted by atomic mass is 35.5. The van der Waals surface area contributed by atoms with Gasteiger partial charge in [0.25, 0.3) is 0 Å². The van der Waals surface area contributed by atoms with E-state index < -0.39 is 0 Å². The largest absolute Gasteiger partial charge is 0.298 e. The van der Waals surface area contributed by atoms with Crippen molar-refractivity contribution in [1.29, 1.82) is 0 Å². The van der Waals surface area contributed by atoms with Crippen LogP contribution in [0.1, 0.15) is 23.6 Å². The summed E-state index contributed by atoms with van der Waals surface area (Å²) in [6.45, 7) is 3.25. The fraction of sp³-hybridized carbons (Fsp3) is 0.357. The van der Waals surface area contributed by atoms with Gasteiger partial charge in [-0.15, -0.1) is 0 Å². The van der Waals surface area contributed by atoms with Crippen molar-refractivity contribution < 1.29 is 0 Å². The lowest BCUT2D eigenvalue weighted by Crippen LogP contribution is -2.19. The van der Waals surface area contributed by atoms with E-state index in [9.17, 15) is 0 Å². The smallest absolute Gasteiger partial charge is 0.0490 e. The Morgan fingerprint density at radius 2 is 2.11 bits per heavy atom. The first-order valence-electron chi connectivity index (χ1n) is 6.27. The van der Waals surface area contributed by atoms with Gasteiger partial charge in [-0.25, -0.2) is 0 Å². The molecule has 0 amide bonds. The molecule has 1 atom stereocenters. The zero-order valence-corrected chi connectivity index (χ0v) is 10.9. The summed E-state index contributed by atoms with van der Waals surface area (Å²) in [5.74, 6) is 0.597. The molecule has 2 heterocycles. The minimum absolute atomic E-state index is 0.597. The van der Waals surface area contributed by atoms with Crippen LogP contribution in [0.2, 0.25) is 5.02 Å². The first kappa shape index (κ1) is 11.8. The molecular weight excluding hydrogens is 246 g/mol. The minimum Gasteiger partial charge on any atom is -0.298 e. The van der Waals surface area contributed by atoms with E-state index in [0.29, 0.717) is 5.92 Å². The predicted octanol–water partition coefficient (Wildman–Crippen LogP) is 3.05. The maximum atomic E-state index is 5.89. The lowest BCUT2D eigenvalue weighted by atomic mass is 10.1. The molecule has 0 unspecified atom stereocenters. The summed E-state index contributed by atoms with van der Waals surface area (Å²) < 4.78 is 0. The summed E-state index contributed by atoms with van der Waals surface area (Å²) >= 11 is 5.89. The van der Waals surface area contributed by atoms with Gasteiger partial charge in [-0.1, -0.05) is 23.7 Å². The van der Waals surface area contributed by atoms with Crippen molar-refractivity contribution in [2.45, 2.75) is 18.9 Å². The van der Waals surface area contributed by atoms with Crippen LogP contribution >= 0.6 is 11.6 Å². The Balaban J connectivity index is 1.61. The molecule has 0 spiro atoms. The summed E-state index contributed by atoms with van der Waals surface area (Å²) in [6, 6.07) is 10.2. The number of rotatable bonds is 3. The van der Waals surface area contributed by atoms with Crippen LogP contribution in [-0.4, -0.2) is 28.2 Å². The van der Waals surface area contributed by atoms with Crippen LogP contribution < -0.4 is 0 Å². The Morgan fingerprint density at radius 3 is 2.83 bits per heavy atom. The number of H-pyrrole nitrogens is 1. The number of aromatic nitrogens is 2. The fourth-order valence-electron chi connectivity index (χ4n) is 2.57. The Morgan fingerprint density at radius 1 is 1.28 bits per heavy atom. The van der Waals surface area contributed by atoms with Crippen LogP contribution in [0.4, 0.5) is 0 Å². The van der Waals surface area contributed by atoms with Crippen LogP contribution in [0, 0.1) is 0 Å². The van der Waals surface area contributed by atoms with Gasteiger partial charge >= 0.3 is 0 Å². The molecule has 1 aromatic carbocycles. The van der Waals surface area contributed by atoms with Crippen molar-refractivity contribution in [3.63, 3.8) is 0 Å². The van der Waals surface area contributed by atoms with Gasteiger partial charge in [-0.05, 0) is 36.7 Å². The van der Waals surface area contributed by atoms with Crippen molar-refractivity contribution >= 4 is 11.6 Å². The summed E-state index contributed by atoms with van der Waals surface area (Å²) in [7, 11) is 0. The van der Waals surface area contributed by atoms with E-state index in [4.69, 9.17) is 11.6 Å². The highest BCUT2D eigenvalue weighted by molar-refractivity contribution is 6.30. The second kappa shape index (κ2) is 5.12. The Bertz CT molecular complexity index is 492. The molecule has 1 aliphatic rings. The van der Waals surface area contributed by atoms with Gasteiger partial charge in [0.1, 0.15) is 0 Å². The molecule has 3 nitrogen and oxygen atoms in total. The summed E-state index contributed by atoms with van der Waals surface area (Å²) in [5, 5.41) is 7.91. The normalized spacial score (nSPS) is 20.4. The van der Waals surface area contributed by atoms with Gasteiger partial charge in [0.2, 0.25) is 0 Å². The topological polar surface area (TPSA) is 31.9 Å². The van der Waals surface area contributed by atoms with Crippen LogP contribution in [0.3, 0.4) is 0 Å². The van der Waals surface area contributed by atoms with Gasteiger partial charge in [0, 0.05) is 35.9 Å². The average Bonchev–Trinajstić information content (AvgIpc) is 3.02. The zero-order valence-electron chi connectivity index (χ0n) is 10.1. The second-order valence-electron chi connectivity index (χ2n) is 4.86.